The highest BCUT2D eigenvalue weighted by Crippen LogP contribution is 2.31. The molecule has 8 heteroatoms. The van der Waals surface area contributed by atoms with E-state index in [9.17, 15) is 13.2 Å². The van der Waals surface area contributed by atoms with Crippen molar-refractivity contribution >= 4 is 29.9 Å². The minimum absolute atomic E-state index is 0. The van der Waals surface area contributed by atoms with E-state index in [2.05, 4.69) is 27.4 Å². The fourth-order valence-corrected chi connectivity index (χ4v) is 3.42. The van der Waals surface area contributed by atoms with Crippen LogP contribution in [0.3, 0.4) is 0 Å². The maximum absolute atomic E-state index is 12.9. The van der Waals surface area contributed by atoms with Crippen molar-refractivity contribution in [2.24, 2.45) is 10.9 Å². The van der Waals surface area contributed by atoms with Crippen LogP contribution in [0.25, 0.3) is 0 Å². The number of aliphatic imine (C=N–C) groups is 1. The molecule has 0 aliphatic carbocycles. The number of nitrogens with one attached hydrogen (secondary N) is 2. The molecule has 0 bridgehead atoms. The predicted molar refractivity (Wildman–Crippen MR) is 119 cm³/mol. The Kier molecular flexibility index (Phi) is 10.6. The normalized spacial score (nSPS) is 19.2. The van der Waals surface area contributed by atoms with Crippen molar-refractivity contribution in [3.8, 4) is 0 Å². The smallest absolute Gasteiger partial charge is 0.356 e. The summed E-state index contributed by atoms with van der Waals surface area (Å²) in [5.41, 5.74) is 0.121. The summed E-state index contributed by atoms with van der Waals surface area (Å²) >= 11 is 0. The summed E-state index contributed by atoms with van der Waals surface area (Å²) in [6.45, 7) is 9.04. The fraction of sp³-hybridized carbons (Fsp3) is 0.650. The van der Waals surface area contributed by atoms with Crippen LogP contribution in [0.15, 0.2) is 29.3 Å². The molecular formula is C20H32F3IN4. The summed E-state index contributed by atoms with van der Waals surface area (Å²) in [6, 6.07) is 5.59. The van der Waals surface area contributed by atoms with Gasteiger partial charge in [0, 0.05) is 26.7 Å². The number of guanidine groups is 1. The van der Waals surface area contributed by atoms with Gasteiger partial charge in [0.2, 0.25) is 0 Å². The van der Waals surface area contributed by atoms with E-state index >= 15 is 0 Å². The van der Waals surface area contributed by atoms with Gasteiger partial charge < -0.3 is 15.5 Å². The van der Waals surface area contributed by atoms with E-state index in [0.29, 0.717) is 18.0 Å². The Morgan fingerprint density at radius 3 is 2.68 bits per heavy atom. The van der Waals surface area contributed by atoms with Crippen LogP contribution in [-0.2, 0) is 6.18 Å². The van der Waals surface area contributed by atoms with Gasteiger partial charge in [-0.1, -0.05) is 32.0 Å². The topological polar surface area (TPSA) is 39.7 Å². The highest BCUT2D eigenvalue weighted by molar-refractivity contribution is 14.0. The average Bonchev–Trinajstić information content (AvgIpc) is 3.12. The van der Waals surface area contributed by atoms with E-state index in [1.54, 1.807) is 13.1 Å². The summed E-state index contributed by atoms with van der Waals surface area (Å²) in [7, 11) is 1.73. The molecule has 160 valence electrons. The molecule has 2 rings (SSSR count). The quantitative estimate of drug-likeness (QED) is 0.325. The van der Waals surface area contributed by atoms with E-state index < -0.39 is 11.7 Å². The number of rotatable bonds is 7. The van der Waals surface area contributed by atoms with Gasteiger partial charge in [-0.05, 0) is 49.4 Å². The molecule has 2 atom stereocenters. The highest BCUT2D eigenvalue weighted by Gasteiger charge is 2.30. The van der Waals surface area contributed by atoms with E-state index in [1.807, 2.05) is 6.92 Å². The minimum atomic E-state index is -4.30. The second-order valence-electron chi connectivity index (χ2n) is 7.24. The first-order valence-electron chi connectivity index (χ1n) is 9.67. The lowest BCUT2D eigenvalue weighted by atomic mass is 9.96. The lowest BCUT2D eigenvalue weighted by Gasteiger charge is -2.18. The summed E-state index contributed by atoms with van der Waals surface area (Å²) in [4.78, 5) is 6.68. The Morgan fingerprint density at radius 2 is 2.07 bits per heavy atom. The second kappa shape index (κ2) is 11.8. The van der Waals surface area contributed by atoms with Crippen LogP contribution < -0.4 is 10.6 Å². The standard InChI is InChI=1S/C20H31F3N4.HI/c1-4-27-11-9-16(14-27)13-26-19(24-3)25-10-8-15(2)17-6-5-7-18(12-17)20(21,22)23;/h5-7,12,15-16H,4,8-11,13-14H2,1-3H3,(H2,24,25,26);1H. The van der Waals surface area contributed by atoms with E-state index in [4.69, 9.17) is 0 Å². The fourth-order valence-electron chi connectivity index (χ4n) is 3.42. The number of halogens is 4. The van der Waals surface area contributed by atoms with Crippen LogP contribution in [0.1, 0.15) is 43.7 Å². The van der Waals surface area contributed by atoms with Gasteiger partial charge in [-0.3, -0.25) is 4.99 Å². The lowest BCUT2D eigenvalue weighted by molar-refractivity contribution is -0.137. The first-order chi connectivity index (χ1) is 12.8. The third kappa shape index (κ3) is 7.77. The van der Waals surface area contributed by atoms with Crippen molar-refractivity contribution in [2.75, 3.05) is 39.8 Å². The summed E-state index contributed by atoms with van der Waals surface area (Å²) in [6.07, 6.45) is -2.37. The molecule has 1 aromatic rings. The maximum Gasteiger partial charge on any atom is 0.416 e. The van der Waals surface area contributed by atoms with Crippen molar-refractivity contribution in [1.29, 1.82) is 0 Å². The van der Waals surface area contributed by atoms with E-state index in [0.717, 1.165) is 44.6 Å². The van der Waals surface area contributed by atoms with Gasteiger partial charge in [0.05, 0.1) is 5.56 Å². The van der Waals surface area contributed by atoms with Gasteiger partial charge in [0.15, 0.2) is 5.96 Å². The number of hydrogen-bond donors (Lipinski definition) is 2. The molecule has 0 spiro atoms. The van der Waals surface area contributed by atoms with E-state index in [1.165, 1.54) is 18.6 Å². The van der Waals surface area contributed by atoms with Crippen LogP contribution in [0.4, 0.5) is 13.2 Å². The van der Waals surface area contributed by atoms with Gasteiger partial charge in [0.1, 0.15) is 0 Å². The van der Waals surface area contributed by atoms with Crippen LogP contribution >= 0.6 is 24.0 Å². The first-order valence-corrected chi connectivity index (χ1v) is 9.67. The Morgan fingerprint density at radius 1 is 1.32 bits per heavy atom. The molecule has 0 saturated carbocycles. The molecule has 4 nitrogen and oxygen atoms in total. The van der Waals surface area contributed by atoms with Gasteiger partial charge in [-0.15, -0.1) is 24.0 Å². The predicted octanol–water partition coefficient (Wildman–Crippen LogP) is 4.32. The SMILES string of the molecule is CCN1CCC(CNC(=NC)NCCC(C)c2cccc(C(F)(F)F)c2)C1.I. The Balaban J connectivity index is 0.00000392. The number of nitrogens with zero attached hydrogens (tertiary/aromatic N) is 2. The second-order valence-corrected chi connectivity index (χ2v) is 7.24. The molecule has 1 saturated heterocycles. The third-order valence-corrected chi connectivity index (χ3v) is 5.25. The molecule has 2 N–H and O–H groups in total. The first kappa shape index (κ1) is 25.0. The van der Waals surface area contributed by atoms with Crippen molar-refractivity contribution < 1.29 is 13.2 Å². The summed E-state index contributed by atoms with van der Waals surface area (Å²) in [5.74, 6) is 1.42. The van der Waals surface area contributed by atoms with Crippen molar-refractivity contribution in [1.82, 2.24) is 15.5 Å². The van der Waals surface area contributed by atoms with Crippen LogP contribution in [-0.4, -0.2) is 50.6 Å². The van der Waals surface area contributed by atoms with Crippen molar-refractivity contribution in [3.63, 3.8) is 0 Å². The molecule has 1 aromatic carbocycles. The van der Waals surface area contributed by atoms with Gasteiger partial charge in [-0.2, -0.15) is 13.2 Å². The monoisotopic (exact) mass is 512 g/mol. The average molecular weight is 512 g/mol. The molecule has 1 heterocycles. The van der Waals surface area contributed by atoms with Crippen molar-refractivity contribution in [3.05, 3.63) is 35.4 Å². The number of benzene rings is 1. The number of alkyl halides is 3. The molecule has 0 amide bonds. The molecule has 2 unspecified atom stereocenters. The zero-order chi connectivity index (χ0) is 19.9. The molecular weight excluding hydrogens is 480 g/mol. The Labute approximate surface area is 183 Å². The molecule has 1 aliphatic heterocycles. The van der Waals surface area contributed by atoms with Crippen LogP contribution in [0.5, 0.6) is 0 Å². The lowest BCUT2D eigenvalue weighted by Crippen LogP contribution is -2.40. The van der Waals surface area contributed by atoms with Crippen LogP contribution in [0.2, 0.25) is 0 Å². The highest BCUT2D eigenvalue weighted by atomic mass is 127. The number of likely N-dealkylation sites (tertiary alicyclic amines) is 1. The largest absolute Gasteiger partial charge is 0.416 e. The molecule has 0 aromatic heterocycles. The zero-order valence-electron chi connectivity index (χ0n) is 16.9. The summed E-state index contributed by atoms with van der Waals surface area (Å²) in [5, 5.41) is 6.63. The van der Waals surface area contributed by atoms with E-state index in [-0.39, 0.29) is 29.9 Å². The third-order valence-electron chi connectivity index (χ3n) is 5.25. The summed E-state index contributed by atoms with van der Waals surface area (Å²) < 4.78 is 38.6. The van der Waals surface area contributed by atoms with Gasteiger partial charge >= 0.3 is 6.18 Å². The van der Waals surface area contributed by atoms with Crippen molar-refractivity contribution in [2.45, 2.75) is 38.8 Å². The van der Waals surface area contributed by atoms with Crippen LogP contribution in [0, 0.1) is 5.92 Å². The molecule has 0 radical (unpaired) electrons. The Bertz CT molecular complexity index is 622. The Hall–Kier alpha value is -1.03. The molecule has 28 heavy (non-hydrogen) atoms. The number of hydrogen-bond acceptors (Lipinski definition) is 2. The minimum Gasteiger partial charge on any atom is -0.356 e. The van der Waals surface area contributed by atoms with Gasteiger partial charge in [-0.25, -0.2) is 0 Å². The molecule has 1 aliphatic rings. The van der Waals surface area contributed by atoms with Gasteiger partial charge in [0.25, 0.3) is 0 Å². The zero-order valence-corrected chi connectivity index (χ0v) is 19.2. The molecule has 1 fully saturated rings. The maximum atomic E-state index is 12.9.